The third-order valence-corrected chi connectivity index (χ3v) is 3.98. The highest BCUT2D eigenvalue weighted by Crippen LogP contribution is 2.13. The van der Waals surface area contributed by atoms with Crippen molar-refractivity contribution in [1.82, 2.24) is 4.90 Å². The van der Waals surface area contributed by atoms with E-state index in [1.165, 1.54) is 0 Å². The molecule has 0 atom stereocenters. The summed E-state index contributed by atoms with van der Waals surface area (Å²) < 4.78 is 5.36. The van der Waals surface area contributed by atoms with Crippen LogP contribution < -0.4 is 11.1 Å². The molecule has 0 aromatic heterocycles. The number of hydrogen-bond acceptors (Lipinski definition) is 4. The first-order valence-corrected chi connectivity index (χ1v) is 7.56. The van der Waals surface area contributed by atoms with Gasteiger partial charge in [0.25, 0.3) is 0 Å². The van der Waals surface area contributed by atoms with E-state index >= 15 is 0 Å². The van der Waals surface area contributed by atoms with Gasteiger partial charge in [0.05, 0.1) is 0 Å². The molecule has 0 radical (unpaired) electrons. The van der Waals surface area contributed by atoms with Crippen LogP contribution in [-0.2, 0) is 16.1 Å². The lowest BCUT2D eigenvalue weighted by molar-refractivity contribution is -0.116. The Morgan fingerprint density at radius 3 is 2.62 bits per heavy atom. The first kappa shape index (κ1) is 15.9. The zero-order valence-corrected chi connectivity index (χ0v) is 12.7. The molecule has 1 aliphatic heterocycles. The summed E-state index contributed by atoms with van der Waals surface area (Å²) in [6.07, 6.45) is 2.61. The molecule has 1 fully saturated rings. The van der Waals surface area contributed by atoms with Crippen molar-refractivity contribution in [1.29, 1.82) is 0 Å². The first-order valence-electron chi connectivity index (χ1n) is 7.56. The summed E-state index contributed by atoms with van der Waals surface area (Å²) in [5, 5.41) is 2.92. The number of hydrogen-bond donors (Lipinski definition) is 2. The summed E-state index contributed by atoms with van der Waals surface area (Å²) in [5.41, 5.74) is 7.44. The van der Waals surface area contributed by atoms with Crippen molar-refractivity contribution in [2.24, 2.45) is 5.73 Å². The summed E-state index contributed by atoms with van der Waals surface area (Å²) in [5.74, 6) is 0.0504. The normalized spacial score (nSPS) is 16.1. The minimum absolute atomic E-state index is 0.0504. The van der Waals surface area contributed by atoms with Crippen molar-refractivity contribution in [2.45, 2.75) is 31.8 Å². The molecule has 1 aliphatic rings. The SMILES string of the molecule is CN(CCC(=O)Nc1ccc(CN)cc1)C1CCOCC1. The third-order valence-electron chi connectivity index (χ3n) is 3.98. The first-order chi connectivity index (χ1) is 10.2. The Labute approximate surface area is 126 Å². The van der Waals surface area contributed by atoms with Gasteiger partial charge in [-0.2, -0.15) is 0 Å². The number of benzene rings is 1. The summed E-state index contributed by atoms with van der Waals surface area (Å²) in [4.78, 5) is 14.2. The average molecular weight is 291 g/mol. The lowest BCUT2D eigenvalue weighted by Crippen LogP contribution is -2.38. The minimum Gasteiger partial charge on any atom is -0.381 e. The van der Waals surface area contributed by atoms with Gasteiger partial charge in [-0.15, -0.1) is 0 Å². The van der Waals surface area contributed by atoms with E-state index in [0.717, 1.165) is 43.9 Å². The van der Waals surface area contributed by atoms with Gasteiger partial charge in [-0.3, -0.25) is 4.79 Å². The molecule has 3 N–H and O–H groups in total. The number of nitrogens with two attached hydrogens (primary N) is 1. The van der Waals surface area contributed by atoms with Gasteiger partial charge in [-0.1, -0.05) is 12.1 Å². The van der Waals surface area contributed by atoms with Crippen LogP contribution in [0.4, 0.5) is 5.69 Å². The van der Waals surface area contributed by atoms with Gasteiger partial charge in [-0.25, -0.2) is 0 Å². The number of carbonyl (C=O) groups excluding carboxylic acids is 1. The number of nitrogens with zero attached hydrogens (tertiary/aromatic N) is 1. The minimum atomic E-state index is 0.0504. The highest BCUT2D eigenvalue weighted by atomic mass is 16.5. The van der Waals surface area contributed by atoms with E-state index in [0.29, 0.717) is 19.0 Å². The third kappa shape index (κ3) is 5.12. The topological polar surface area (TPSA) is 67.6 Å². The fourth-order valence-corrected chi connectivity index (χ4v) is 2.53. The Balaban J connectivity index is 1.73. The fourth-order valence-electron chi connectivity index (χ4n) is 2.53. The van der Waals surface area contributed by atoms with Gasteiger partial charge in [0.2, 0.25) is 5.91 Å². The van der Waals surface area contributed by atoms with E-state index in [9.17, 15) is 4.79 Å². The molecular weight excluding hydrogens is 266 g/mol. The molecule has 1 amide bonds. The van der Waals surface area contributed by atoms with E-state index in [-0.39, 0.29) is 5.91 Å². The van der Waals surface area contributed by atoms with Crippen molar-refractivity contribution in [3.63, 3.8) is 0 Å². The van der Waals surface area contributed by atoms with Crippen LogP contribution in [0.2, 0.25) is 0 Å². The second kappa shape index (κ2) is 8.12. The Hall–Kier alpha value is -1.43. The quantitative estimate of drug-likeness (QED) is 0.835. The van der Waals surface area contributed by atoms with E-state index in [4.69, 9.17) is 10.5 Å². The van der Waals surface area contributed by atoms with E-state index < -0.39 is 0 Å². The smallest absolute Gasteiger partial charge is 0.225 e. The second-order valence-corrected chi connectivity index (χ2v) is 5.52. The summed E-state index contributed by atoms with van der Waals surface area (Å²) in [6.45, 7) is 2.95. The standard InChI is InChI=1S/C16H25N3O2/c1-19(15-7-10-21-11-8-15)9-6-16(20)18-14-4-2-13(12-17)3-5-14/h2-5,15H,6-12,17H2,1H3,(H,18,20). The highest BCUT2D eigenvalue weighted by Gasteiger charge is 2.18. The maximum Gasteiger partial charge on any atom is 0.225 e. The number of nitrogens with one attached hydrogen (secondary N) is 1. The zero-order valence-electron chi connectivity index (χ0n) is 12.7. The molecule has 5 nitrogen and oxygen atoms in total. The van der Waals surface area contributed by atoms with Crippen molar-refractivity contribution in [3.8, 4) is 0 Å². The lowest BCUT2D eigenvalue weighted by atomic mass is 10.1. The predicted octanol–water partition coefficient (Wildman–Crippen LogP) is 1.58. The van der Waals surface area contributed by atoms with Crippen LogP contribution in [0, 0.1) is 0 Å². The van der Waals surface area contributed by atoms with Crippen LogP contribution in [0.5, 0.6) is 0 Å². The molecule has 1 aromatic rings. The molecule has 5 heteroatoms. The number of amides is 1. The number of carbonyl (C=O) groups is 1. The number of ether oxygens (including phenoxy) is 1. The van der Waals surface area contributed by atoms with Gasteiger partial charge in [0.15, 0.2) is 0 Å². The van der Waals surface area contributed by atoms with Crippen molar-refractivity contribution in [3.05, 3.63) is 29.8 Å². The molecule has 0 aliphatic carbocycles. The largest absolute Gasteiger partial charge is 0.381 e. The van der Waals surface area contributed by atoms with Gasteiger partial charge in [0.1, 0.15) is 0 Å². The second-order valence-electron chi connectivity index (χ2n) is 5.52. The Morgan fingerprint density at radius 2 is 2.00 bits per heavy atom. The van der Waals surface area contributed by atoms with Crippen molar-refractivity contribution >= 4 is 11.6 Å². The maximum atomic E-state index is 12.0. The molecular formula is C16H25N3O2. The highest BCUT2D eigenvalue weighted by molar-refractivity contribution is 5.90. The van der Waals surface area contributed by atoms with Crippen LogP contribution in [-0.4, -0.2) is 43.7 Å². The van der Waals surface area contributed by atoms with E-state index in [1.807, 2.05) is 24.3 Å². The van der Waals surface area contributed by atoms with Crippen LogP contribution in [0.1, 0.15) is 24.8 Å². The Bertz CT molecular complexity index is 441. The zero-order chi connectivity index (χ0) is 15.1. The molecule has 0 unspecified atom stereocenters. The predicted molar refractivity (Wildman–Crippen MR) is 84.1 cm³/mol. The number of rotatable bonds is 6. The molecule has 1 heterocycles. The van der Waals surface area contributed by atoms with Gasteiger partial charge >= 0.3 is 0 Å². The summed E-state index contributed by atoms with van der Waals surface area (Å²) in [6, 6.07) is 8.19. The fraction of sp³-hybridized carbons (Fsp3) is 0.562. The van der Waals surface area contributed by atoms with Crippen LogP contribution in [0.15, 0.2) is 24.3 Å². The summed E-state index contributed by atoms with van der Waals surface area (Å²) in [7, 11) is 2.08. The molecule has 0 spiro atoms. The van der Waals surface area contributed by atoms with E-state index in [2.05, 4.69) is 17.3 Å². The summed E-state index contributed by atoms with van der Waals surface area (Å²) >= 11 is 0. The van der Waals surface area contributed by atoms with Crippen molar-refractivity contribution in [2.75, 3.05) is 32.1 Å². The van der Waals surface area contributed by atoms with Crippen molar-refractivity contribution < 1.29 is 9.53 Å². The van der Waals surface area contributed by atoms with Crippen LogP contribution in [0.25, 0.3) is 0 Å². The molecule has 1 aromatic carbocycles. The molecule has 0 saturated carbocycles. The molecule has 116 valence electrons. The van der Waals surface area contributed by atoms with Gasteiger partial charge in [-0.05, 0) is 37.6 Å². The average Bonchev–Trinajstić information content (AvgIpc) is 2.54. The molecule has 21 heavy (non-hydrogen) atoms. The molecule has 1 saturated heterocycles. The molecule has 0 bridgehead atoms. The Kier molecular flexibility index (Phi) is 6.17. The maximum absolute atomic E-state index is 12.0. The van der Waals surface area contributed by atoms with Gasteiger partial charge in [0, 0.05) is 44.5 Å². The lowest BCUT2D eigenvalue weighted by Gasteiger charge is -2.30. The van der Waals surface area contributed by atoms with Crippen LogP contribution >= 0.6 is 0 Å². The van der Waals surface area contributed by atoms with Crippen LogP contribution in [0.3, 0.4) is 0 Å². The molecule has 2 rings (SSSR count). The Morgan fingerprint density at radius 1 is 1.33 bits per heavy atom. The number of anilines is 1. The van der Waals surface area contributed by atoms with E-state index in [1.54, 1.807) is 0 Å². The van der Waals surface area contributed by atoms with Gasteiger partial charge < -0.3 is 20.7 Å². The monoisotopic (exact) mass is 291 g/mol.